The number of rotatable bonds is 9. The van der Waals surface area contributed by atoms with Gasteiger partial charge in [0.1, 0.15) is 0 Å². The Kier molecular flexibility index (Phi) is 8.51. The Morgan fingerprint density at radius 2 is 1.70 bits per heavy atom. The van der Waals surface area contributed by atoms with E-state index in [0.717, 1.165) is 12.8 Å². The zero-order valence-corrected chi connectivity index (χ0v) is 13.7. The van der Waals surface area contributed by atoms with Crippen LogP contribution in [0, 0.1) is 17.3 Å². The molecule has 0 spiro atoms. The number of carbonyl (C=O) groups is 2. The molecule has 0 saturated carbocycles. The molecule has 0 bridgehead atoms. The molecule has 118 valence electrons. The van der Waals surface area contributed by atoms with Crippen LogP contribution in [-0.2, 0) is 9.59 Å². The average Bonchev–Trinajstić information content (AvgIpc) is 2.23. The van der Waals surface area contributed by atoms with Crippen molar-refractivity contribution in [3.05, 3.63) is 0 Å². The summed E-state index contributed by atoms with van der Waals surface area (Å²) in [5, 5.41) is 11.5. The molecule has 0 heterocycles. The number of amides is 1. The molecule has 0 aromatic rings. The smallest absolute Gasteiger partial charge is 0.303 e. The summed E-state index contributed by atoms with van der Waals surface area (Å²) in [5.41, 5.74) is 0.255. The SMILES string of the molecule is CC(CCNC(=O)CC(C)CC(C)(C)C)CCC(=O)O. The van der Waals surface area contributed by atoms with Gasteiger partial charge in [-0.1, -0.05) is 34.6 Å². The van der Waals surface area contributed by atoms with Gasteiger partial charge in [0.2, 0.25) is 5.91 Å². The van der Waals surface area contributed by atoms with E-state index in [0.29, 0.717) is 31.2 Å². The van der Waals surface area contributed by atoms with E-state index in [2.05, 4.69) is 33.0 Å². The fourth-order valence-corrected chi connectivity index (χ4v) is 2.48. The Morgan fingerprint density at radius 3 is 2.20 bits per heavy atom. The Morgan fingerprint density at radius 1 is 1.10 bits per heavy atom. The summed E-state index contributed by atoms with van der Waals surface area (Å²) in [5.74, 6) is 0.0712. The second-order valence-corrected chi connectivity index (χ2v) is 7.25. The van der Waals surface area contributed by atoms with Crippen molar-refractivity contribution in [1.82, 2.24) is 5.32 Å². The molecule has 0 fully saturated rings. The monoisotopic (exact) mass is 285 g/mol. The number of hydrogen-bond acceptors (Lipinski definition) is 2. The van der Waals surface area contributed by atoms with Crippen LogP contribution in [0.2, 0.25) is 0 Å². The minimum Gasteiger partial charge on any atom is -0.481 e. The Bertz CT molecular complexity index is 307. The van der Waals surface area contributed by atoms with Crippen LogP contribution in [-0.4, -0.2) is 23.5 Å². The Hall–Kier alpha value is -1.06. The van der Waals surface area contributed by atoms with Crippen LogP contribution in [0.15, 0.2) is 0 Å². The van der Waals surface area contributed by atoms with Crippen LogP contribution in [0.4, 0.5) is 0 Å². The predicted molar refractivity (Wildman–Crippen MR) is 81.5 cm³/mol. The van der Waals surface area contributed by atoms with E-state index in [1.165, 1.54) is 0 Å². The normalized spacial score (nSPS) is 14.7. The minimum atomic E-state index is -0.753. The Labute approximate surface area is 123 Å². The van der Waals surface area contributed by atoms with E-state index in [9.17, 15) is 9.59 Å². The number of carbonyl (C=O) groups excluding carboxylic acids is 1. The third-order valence-electron chi connectivity index (χ3n) is 3.30. The first-order valence-corrected chi connectivity index (χ1v) is 7.58. The highest BCUT2D eigenvalue weighted by Gasteiger charge is 2.17. The van der Waals surface area contributed by atoms with Crippen molar-refractivity contribution in [2.75, 3.05) is 6.54 Å². The van der Waals surface area contributed by atoms with Gasteiger partial charge in [0.15, 0.2) is 0 Å². The molecule has 2 atom stereocenters. The molecule has 2 unspecified atom stereocenters. The molecule has 0 aliphatic carbocycles. The average molecular weight is 285 g/mol. The summed E-state index contributed by atoms with van der Waals surface area (Å²) < 4.78 is 0. The van der Waals surface area contributed by atoms with Crippen LogP contribution in [0.5, 0.6) is 0 Å². The highest BCUT2D eigenvalue weighted by atomic mass is 16.4. The summed E-state index contributed by atoms with van der Waals surface area (Å²) in [4.78, 5) is 22.2. The van der Waals surface area contributed by atoms with Gasteiger partial charge in [0.05, 0.1) is 0 Å². The number of nitrogens with one attached hydrogen (secondary N) is 1. The fraction of sp³-hybridized carbons (Fsp3) is 0.875. The summed E-state index contributed by atoms with van der Waals surface area (Å²) in [6.45, 7) is 11.3. The second-order valence-electron chi connectivity index (χ2n) is 7.25. The lowest BCUT2D eigenvalue weighted by atomic mass is 9.84. The lowest BCUT2D eigenvalue weighted by Gasteiger charge is -2.22. The molecule has 0 aliphatic rings. The van der Waals surface area contributed by atoms with Crippen LogP contribution in [0.3, 0.4) is 0 Å². The van der Waals surface area contributed by atoms with Gasteiger partial charge in [-0.3, -0.25) is 9.59 Å². The summed E-state index contributed by atoms with van der Waals surface area (Å²) in [7, 11) is 0. The van der Waals surface area contributed by atoms with Gasteiger partial charge in [-0.25, -0.2) is 0 Å². The lowest BCUT2D eigenvalue weighted by molar-refractivity contribution is -0.137. The van der Waals surface area contributed by atoms with Gasteiger partial charge in [-0.15, -0.1) is 0 Å². The van der Waals surface area contributed by atoms with E-state index in [-0.39, 0.29) is 17.7 Å². The minimum absolute atomic E-state index is 0.104. The van der Waals surface area contributed by atoms with Gasteiger partial charge in [0.25, 0.3) is 0 Å². The molecule has 0 aromatic heterocycles. The zero-order chi connectivity index (χ0) is 15.8. The second kappa shape index (κ2) is 8.98. The first kappa shape index (κ1) is 18.9. The van der Waals surface area contributed by atoms with Gasteiger partial charge in [-0.05, 0) is 36.5 Å². The van der Waals surface area contributed by atoms with Gasteiger partial charge in [0, 0.05) is 19.4 Å². The van der Waals surface area contributed by atoms with Crippen LogP contribution >= 0.6 is 0 Å². The van der Waals surface area contributed by atoms with Crippen molar-refractivity contribution >= 4 is 11.9 Å². The first-order valence-electron chi connectivity index (χ1n) is 7.58. The van der Waals surface area contributed by atoms with Crippen molar-refractivity contribution in [2.45, 2.75) is 66.7 Å². The van der Waals surface area contributed by atoms with Crippen molar-refractivity contribution in [3.63, 3.8) is 0 Å². The molecule has 4 heteroatoms. The van der Waals surface area contributed by atoms with Crippen molar-refractivity contribution in [2.24, 2.45) is 17.3 Å². The Balaban J connectivity index is 3.75. The van der Waals surface area contributed by atoms with E-state index in [1.807, 2.05) is 6.92 Å². The molecule has 1 amide bonds. The predicted octanol–water partition coefficient (Wildman–Crippen LogP) is 3.46. The quantitative estimate of drug-likeness (QED) is 0.682. The standard InChI is InChI=1S/C16H31NO3/c1-12(6-7-15(19)20)8-9-17-14(18)10-13(2)11-16(3,4)5/h12-13H,6-11H2,1-5H3,(H,17,18)(H,19,20). The maximum atomic E-state index is 11.8. The maximum absolute atomic E-state index is 11.8. The van der Waals surface area contributed by atoms with E-state index in [4.69, 9.17) is 5.11 Å². The van der Waals surface area contributed by atoms with Gasteiger partial charge < -0.3 is 10.4 Å². The molecule has 0 aliphatic heterocycles. The van der Waals surface area contributed by atoms with Crippen LogP contribution in [0.1, 0.15) is 66.7 Å². The fourth-order valence-electron chi connectivity index (χ4n) is 2.48. The summed E-state index contributed by atoms with van der Waals surface area (Å²) >= 11 is 0. The number of aliphatic carboxylic acids is 1. The first-order chi connectivity index (χ1) is 9.10. The molecule has 0 rings (SSSR count). The van der Waals surface area contributed by atoms with Crippen molar-refractivity contribution in [1.29, 1.82) is 0 Å². The summed E-state index contributed by atoms with van der Waals surface area (Å²) in [6, 6.07) is 0. The third-order valence-corrected chi connectivity index (χ3v) is 3.30. The molecule has 0 saturated heterocycles. The highest BCUT2D eigenvalue weighted by Crippen LogP contribution is 2.25. The largest absolute Gasteiger partial charge is 0.481 e. The zero-order valence-electron chi connectivity index (χ0n) is 13.7. The molecule has 4 nitrogen and oxygen atoms in total. The lowest BCUT2D eigenvalue weighted by Crippen LogP contribution is -2.28. The number of hydrogen-bond donors (Lipinski definition) is 2. The van der Waals surface area contributed by atoms with Crippen molar-refractivity contribution in [3.8, 4) is 0 Å². The number of carboxylic acids is 1. The van der Waals surface area contributed by atoms with Crippen LogP contribution in [0.25, 0.3) is 0 Å². The maximum Gasteiger partial charge on any atom is 0.303 e. The number of carboxylic acid groups (broad SMARTS) is 1. The van der Waals surface area contributed by atoms with Crippen molar-refractivity contribution < 1.29 is 14.7 Å². The molecular formula is C16H31NO3. The van der Waals surface area contributed by atoms with E-state index in [1.54, 1.807) is 0 Å². The third kappa shape index (κ3) is 12.0. The van der Waals surface area contributed by atoms with Crippen LogP contribution < -0.4 is 5.32 Å². The van der Waals surface area contributed by atoms with E-state index >= 15 is 0 Å². The molecule has 0 aromatic carbocycles. The summed E-state index contributed by atoms with van der Waals surface area (Å²) in [6.07, 6.45) is 3.33. The molecule has 0 radical (unpaired) electrons. The molecular weight excluding hydrogens is 254 g/mol. The topological polar surface area (TPSA) is 66.4 Å². The molecule has 20 heavy (non-hydrogen) atoms. The molecule has 2 N–H and O–H groups in total. The highest BCUT2D eigenvalue weighted by molar-refractivity contribution is 5.76. The van der Waals surface area contributed by atoms with Gasteiger partial charge in [-0.2, -0.15) is 0 Å². The van der Waals surface area contributed by atoms with E-state index < -0.39 is 5.97 Å². The van der Waals surface area contributed by atoms with Gasteiger partial charge >= 0.3 is 5.97 Å².